The first-order chi connectivity index (χ1) is 9.66. The van der Waals surface area contributed by atoms with E-state index in [1.54, 1.807) is 4.68 Å². The Morgan fingerprint density at radius 1 is 1.45 bits per heavy atom. The zero-order chi connectivity index (χ0) is 14.1. The lowest BCUT2D eigenvalue weighted by atomic mass is 9.95. The molecule has 2 heterocycles. The van der Waals surface area contributed by atoms with Gasteiger partial charge in [0.1, 0.15) is 0 Å². The number of carbonyl (C=O) groups is 1. The Bertz CT molecular complexity index is 634. The van der Waals surface area contributed by atoms with Crippen molar-refractivity contribution in [3.63, 3.8) is 0 Å². The smallest absolute Gasteiger partial charge is 0.272 e. The normalized spacial score (nSPS) is 22.9. The van der Waals surface area contributed by atoms with Crippen LogP contribution in [0.1, 0.15) is 23.8 Å². The number of rotatable bonds is 2. The molecule has 2 atom stereocenters. The third-order valence-electron chi connectivity index (χ3n) is 4.07. The molecule has 1 amide bonds. The molecule has 5 heteroatoms. The van der Waals surface area contributed by atoms with Crippen LogP contribution >= 0.6 is 0 Å². The molecule has 2 N–H and O–H groups in total. The van der Waals surface area contributed by atoms with Crippen molar-refractivity contribution in [2.24, 2.45) is 13.0 Å². The summed E-state index contributed by atoms with van der Waals surface area (Å²) in [6.45, 7) is 4.07. The van der Waals surface area contributed by atoms with E-state index in [2.05, 4.69) is 22.7 Å². The number of piperidine rings is 1. The minimum atomic E-state index is -0.0689. The molecule has 0 spiro atoms. The average Bonchev–Trinajstić information content (AvgIpc) is 2.79. The van der Waals surface area contributed by atoms with Crippen LogP contribution in [-0.2, 0) is 7.05 Å². The number of amides is 1. The van der Waals surface area contributed by atoms with Crippen LogP contribution in [0.3, 0.4) is 0 Å². The summed E-state index contributed by atoms with van der Waals surface area (Å²) in [4.78, 5) is 12.5. The van der Waals surface area contributed by atoms with E-state index >= 15 is 0 Å². The van der Waals surface area contributed by atoms with E-state index in [9.17, 15) is 4.79 Å². The predicted molar refractivity (Wildman–Crippen MR) is 78.6 cm³/mol. The fourth-order valence-electron chi connectivity index (χ4n) is 2.85. The Kier molecular flexibility index (Phi) is 3.44. The van der Waals surface area contributed by atoms with E-state index < -0.39 is 0 Å². The second kappa shape index (κ2) is 5.25. The van der Waals surface area contributed by atoms with Gasteiger partial charge in [0.05, 0.1) is 5.52 Å². The van der Waals surface area contributed by atoms with Crippen LogP contribution in [0.5, 0.6) is 0 Å². The standard InChI is InChI=1S/C15H20N4O/c1-10-9-16-8-7-12(10)17-15(20)14-11-5-3-4-6-13(11)19(2)18-14/h3-6,10,12,16H,7-9H2,1-2H3,(H,17,20). The zero-order valence-corrected chi connectivity index (χ0v) is 11.9. The highest BCUT2D eigenvalue weighted by Gasteiger charge is 2.25. The molecule has 20 heavy (non-hydrogen) atoms. The molecule has 0 saturated carbocycles. The summed E-state index contributed by atoms with van der Waals surface area (Å²) >= 11 is 0. The molecule has 5 nitrogen and oxygen atoms in total. The summed E-state index contributed by atoms with van der Waals surface area (Å²) in [5.74, 6) is 0.378. The Morgan fingerprint density at radius 3 is 3.05 bits per heavy atom. The van der Waals surface area contributed by atoms with E-state index in [0.717, 1.165) is 30.4 Å². The molecule has 3 rings (SSSR count). The quantitative estimate of drug-likeness (QED) is 0.866. The molecule has 0 radical (unpaired) electrons. The Labute approximate surface area is 118 Å². The van der Waals surface area contributed by atoms with Crippen LogP contribution in [-0.4, -0.2) is 34.8 Å². The second-order valence-electron chi connectivity index (χ2n) is 5.54. The Hall–Kier alpha value is -1.88. The number of hydrogen-bond donors (Lipinski definition) is 2. The predicted octanol–water partition coefficient (Wildman–Crippen LogP) is 1.30. The molecular weight excluding hydrogens is 252 g/mol. The van der Waals surface area contributed by atoms with Gasteiger partial charge >= 0.3 is 0 Å². The van der Waals surface area contributed by atoms with Gasteiger partial charge in [-0.25, -0.2) is 0 Å². The number of para-hydroxylation sites is 1. The van der Waals surface area contributed by atoms with Crippen molar-refractivity contribution in [1.82, 2.24) is 20.4 Å². The number of benzene rings is 1. The van der Waals surface area contributed by atoms with Crippen molar-refractivity contribution in [2.45, 2.75) is 19.4 Å². The maximum atomic E-state index is 12.5. The van der Waals surface area contributed by atoms with Gasteiger partial charge in [0, 0.05) is 18.5 Å². The van der Waals surface area contributed by atoms with Crippen molar-refractivity contribution in [1.29, 1.82) is 0 Å². The highest BCUT2D eigenvalue weighted by atomic mass is 16.2. The molecule has 1 fully saturated rings. The average molecular weight is 272 g/mol. The van der Waals surface area contributed by atoms with Gasteiger partial charge in [-0.15, -0.1) is 0 Å². The Balaban J connectivity index is 1.85. The van der Waals surface area contributed by atoms with Gasteiger partial charge in [0.15, 0.2) is 5.69 Å². The summed E-state index contributed by atoms with van der Waals surface area (Å²) in [6.07, 6.45) is 0.970. The monoisotopic (exact) mass is 272 g/mol. The van der Waals surface area contributed by atoms with Crippen LogP contribution in [0, 0.1) is 5.92 Å². The summed E-state index contributed by atoms with van der Waals surface area (Å²) in [7, 11) is 1.87. The van der Waals surface area contributed by atoms with E-state index in [0.29, 0.717) is 11.6 Å². The van der Waals surface area contributed by atoms with Crippen molar-refractivity contribution in [2.75, 3.05) is 13.1 Å². The van der Waals surface area contributed by atoms with Gasteiger partial charge in [0.2, 0.25) is 0 Å². The first-order valence-corrected chi connectivity index (χ1v) is 7.10. The van der Waals surface area contributed by atoms with Crippen LogP contribution in [0.25, 0.3) is 10.9 Å². The molecule has 106 valence electrons. The Morgan fingerprint density at radius 2 is 2.25 bits per heavy atom. The molecular formula is C15H20N4O. The van der Waals surface area contributed by atoms with E-state index in [-0.39, 0.29) is 11.9 Å². The lowest BCUT2D eigenvalue weighted by Crippen LogP contribution is -2.48. The van der Waals surface area contributed by atoms with Crippen LogP contribution in [0.15, 0.2) is 24.3 Å². The molecule has 1 aliphatic heterocycles. The van der Waals surface area contributed by atoms with Crippen molar-refractivity contribution < 1.29 is 4.79 Å². The zero-order valence-electron chi connectivity index (χ0n) is 11.9. The number of nitrogens with one attached hydrogen (secondary N) is 2. The lowest BCUT2D eigenvalue weighted by Gasteiger charge is -2.29. The van der Waals surface area contributed by atoms with Gasteiger partial charge in [-0.3, -0.25) is 9.48 Å². The molecule has 1 aromatic heterocycles. The first kappa shape index (κ1) is 13.1. The summed E-state index contributed by atoms with van der Waals surface area (Å²) in [5.41, 5.74) is 1.50. The number of carbonyl (C=O) groups excluding carboxylic acids is 1. The molecule has 1 aromatic carbocycles. The number of fused-ring (bicyclic) bond motifs is 1. The topological polar surface area (TPSA) is 58.9 Å². The highest BCUT2D eigenvalue weighted by Crippen LogP contribution is 2.18. The van der Waals surface area contributed by atoms with E-state index in [1.807, 2.05) is 31.3 Å². The summed E-state index contributed by atoms with van der Waals surface area (Å²) in [6, 6.07) is 8.05. The SMILES string of the molecule is CC1CNCCC1NC(=O)c1nn(C)c2ccccc12. The largest absolute Gasteiger partial charge is 0.348 e. The molecule has 1 saturated heterocycles. The lowest BCUT2D eigenvalue weighted by molar-refractivity contribution is 0.0910. The highest BCUT2D eigenvalue weighted by molar-refractivity contribution is 6.04. The van der Waals surface area contributed by atoms with Crippen LogP contribution < -0.4 is 10.6 Å². The molecule has 1 aliphatic rings. The van der Waals surface area contributed by atoms with Crippen LogP contribution in [0.4, 0.5) is 0 Å². The fraction of sp³-hybridized carbons (Fsp3) is 0.467. The number of hydrogen-bond acceptors (Lipinski definition) is 3. The fourth-order valence-corrected chi connectivity index (χ4v) is 2.85. The van der Waals surface area contributed by atoms with Crippen molar-refractivity contribution >= 4 is 16.8 Å². The van der Waals surface area contributed by atoms with Crippen molar-refractivity contribution in [3.8, 4) is 0 Å². The van der Waals surface area contributed by atoms with Crippen LogP contribution in [0.2, 0.25) is 0 Å². The van der Waals surface area contributed by atoms with Gasteiger partial charge in [-0.2, -0.15) is 5.10 Å². The molecule has 0 bridgehead atoms. The second-order valence-corrected chi connectivity index (χ2v) is 5.54. The van der Waals surface area contributed by atoms with E-state index in [4.69, 9.17) is 0 Å². The van der Waals surface area contributed by atoms with Crippen molar-refractivity contribution in [3.05, 3.63) is 30.0 Å². The molecule has 0 aliphatic carbocycles. The third-order valence-corrected chi connectivity index (χ3v) is 4.07. The summed E-state index contributed by atoms with van der Waals surface area (Å²) in [5, 5.41) is 11.8. The maximum absolute atomic E-state index is 12.5. The number of aromatic nitrogens is 2. The van der Waals surface area contributed by atoms with Gasteiger partial charge < -0.3 is 10.6 Å². The van der Waals surface area contributed by atoms with Gasteiger partial charge in [0.25, 0.3) is 5.91 Å². The first-order valence-electron chi connectivity index (χ1n) is 7.10. The number of nitrogens with zero attached hydrogens (tertiary/aromatic N) is 2. The minimum absolute atomic E-state index is 0.0689. The van der Waals surface area contributed by atoms with Gasteiger partial charge in [-0.1, -0.05) is 25.1 Å². The van der Waals surface area contributed by atoms with E-state index in [1.165, 1.54) is 0 Å². The minimum Gasteiger partial charge on any atom is -0.348 e. The molecule has 2 unspecified atom stereocenters. The molecule has 2 aromatic rings. The van der Waals surface area contributed by atoms with Gasteiger partial charge in [-0.05, 0) is 31.5 Å². The number of aryl methyl sites for hydroxylation is 1. The third kappa shape index (κ3) is 2.29. The summed E-state index contributed by atoms with van der Waals surface area (Å²) < 4.78 is 1.76. The maximum Gasteiger partial charge on any atom is 0.272 e.